The van der Waals surface area contributed by atoms with Gasteiger partial charge in [-0.15, -0.1) is 11.3 Å². The van der Waals surface area contributed by atoms with Crippen molar-refractivity contribution in [2.75, 3.05) is 18.9 Å². The monoisotopic (exact) mass is 331 g/mol. The number of hydrogen-bond acceptors (Lipinski definition) is 3. The molecule has 3 amide bonds. The van der Waals surface area contributed by atoms with Gasteiger partial charge in [0.25, 0.3) is 0 Å². The lowest BCUT2D eigenvalue weighted by Crippen LogP contribution is -2.35. The van der Waals surface area contributed by atoms with Crippen LogP contribution in [0.1, 0.15) is 24.3 Å². The molecule has 2 rings (SSSR count). The Bertz CT molecular complexity index is 629. The number of rotatable bonds is 6. The SMILES string of the molecule is C[C@@H](c1cccs1)N(C)C(=O)CCNC(=O)Nc1ccccc1. The van der Waals surface area contributed by atoms with Crippen LogP contribution in [0.3, 0.4) is 0 Å². The summed E-state index contributed by atoms with van der Waals surface area (Å²) in [6.45, 7) is 2.30. The van der Waals surface area contributed by atoms with Crippen molar-refractivity contribution in [1.82, 2.24) is 10.2 Å². The smallest absolute Gasteiger partial charge is 0.319 e. The van der Waals surface area contributed by atoms with E-state index >= 15 is 0 Å². The van der Waals surface area contributed by atoms with E-state index in [9.17, 15) is 9.59 Å². The fraction of sp³-hybridized carbons (Fsp3) is 0.294. The topological polar surface area (TPSA) is 61.4 Å². The van der Waals surface area contributed by atoms with Gasteiger partial charge in [0, 0.05) is 30.6 Å². The zero-order chi connectivity index (χ0) is 16.7. The third kappa shape index (κ3) is 5.10. The minimum absolute atomic E-state index is 0.00547. The summed E-state index contributed by atoms with van der Waals surface area (Å²) >= 11 is 1.63. The van der Waals surface area contributed by atoms with Crippen LogP contribution >= 0.6 is 11.3 Å². The van der Waals surface area contributed by atoms with E-state index in [2.05, 4.69) is 10.6 Å². The number of hydrogen-bond donors (Lipinski definition) is 2. The van der Waals surface area contributed by atoms with Crippen molar-refractivity contribution in [3.63, 3.8) is 0 Å². The lowest BCUT2D eigenvalue weighted by molar-refractivity contribution is -0.131. The minimum Gasteiger partial charge on any atom is -0.338 e. The molecule has 23 heavy (non-hydrogen) atoms. The highest BCUT2D eigenvalue weighted by Gasteiger charge is 2.17. The molecule has 0 bridgehead atoms. The number of carbonyl (C=O) groups is 2. The average Bonchev–Trinajstić information content (AvgIpc) is 3.08. The summed E-state index contributed by atoms with van der Waals surface area (Å²) < 4.78 is 0. The maximum atomic E-state index is 12.2. The lowest BCUT2D eigenvalue weighted by atomic mass is 10.2. The van der Waals surface area contributed by atoms with E-state index < -0.39 is 0 Å². The molecule has 1 aromatic heterocycles. The third-order valence-corrected chi connectivity index (χ3v) is 4.63. The van der Waals surface area contributed by atoms with Crippen LogP contribution in [0.4, 0.5) is 10.5 Å². The first-order valence-electron chi connectivity index (χ1n) is 7.47. The van der Waals surface area contributed by atoms with E-state index in [1.807, 2.05) is 42.6 Å². The third-order valence-electron chi connectivity index (χ3n) is 3.59. The van der Waals surface area contributed by atoms with Crippen LogP contribution in [0.5, 0.6) is 0 Å². The van der Waals surface area contributed by atoms with Gasteiger partial charge < -0.3 is 15.5 Å². The molecule has 2 aromatic rings. The van der Waals surface area contributed by atoms with Crippen LogP contribution < -0.4 is 10.6 Å². The molecular formula is C17H21N3O2S. The lowest BCUT2D eigenvalue weighted by Gasteiger charge is -2.24. The van der Waals surface area contributed by atoms with Gasteiger partial charge in [-0.05, 0) is 30.5 Å². The summed E-state index contributed by atoms with van der Waals surface area (Å²) in [4.78, 5) is 26.8. The standard InChI is InChI=1S/C17H21N3O2S/c1-13(15-9-6-12-23-15)20(2)16(21)10-11-18-17(22)19-14-7-4-3-5-8-14/h3-9,12-13H,10-11H2,1-2H3,(H2,18,19,22)/t13-/m0/s1. The van der Waals surface area contributed by atoms with Crippen LogP contribution in [0.15, 0.2) is 47.8 Å². The second kappa shape index (κ2) is 8.33. The summed E-state index contributed by atoms with van der Waals surface area (Å²) in [6, 6.07) is 12.9. The van der Waals surface area contributed by atoms with Crippen LogP contribution in [0, 0.1) is 0 Å². The number of nitrogens with zero attached hydrogens (tertiary/aromatic N) is 1. The first-order valence-corrected chi connectivity index (χ1v) is 8.35. The summed E-state index contributed by atoms with van der Waals surface area (Å²) in [7, 11) is 1.79. The van der Waals surface area contributed by atoms with Gasteiger partial charge in [-0.1, -0.05) is 24.3 Å². The van der Waals surface area contributed by atoms with Gasteiger partial charge in [0.2, 0.25) is 5.91 Å². The molecule has 0 aliphatic heterocycles. The van der Waals surface area contributed by atoms with Gasteiger partial charge in [0.1, 0.15) is 0 Å². The Labute approximate surface area is 140 Å². The van der Waals surface area contributed by atoms with Crippen LogP contribution in [0.25, 0.3) is 0 Å². The predicted octanol–water partition coefficient (Wildman–Crippen LogP) is 3.48. The minimum atomic E-state index is -0.307. The molecule has 1 heterocycles. The maximum absolute atomic E-state index is 12.2. The first-order chi connectivity index (χ1) is 11.1. The fourth-order valence-corrected chi connectivity index (χ4v) is 2.92. The Balaban J connectivity index is 1.73. The Morgan fingerprint density at radius 3 is 2.57 bits per heavy atom. The Hall–Kier alpha value is -2.34. The van der Waals surface area contributed by atoms with E-state index in [1.165, 1.54) is 0 Å². The zero-order valence-corrected chi connectivity index (χ0v) is 14.1. The molecule has 0 spiro atoms. The molecule has 1 aromatic carbocycles. The molecular weight excluding hydrogens is 310 g/mol. The average molecular weight is 331 g/mol. The second-order valence-corrected chi connectivity index (χ2v) is 6.17. The van der Waals surface area contributed by atoms with Crippen LogP contribution in [-0.2, 0) is 4.79 Å². The molecule has 0 unspecified atom stereocenters. The van der Waals surface area contributed by atoms with Crippen molar-refractivity contribution in [3.05, 3.63) is 52.7 Å². The Morgan fingerprint density at radius 2 is 1.91 bits per heavy atom. The molecule has 6 heteroatoms. The molecule has 0 fully saturated rings. The number of amides is 3. The summed E-state index contributed by atoms with van der Waals surface area (Å²) in [5.74, 6) is 0.00547. The predicted molar refractivity (Wildman–Crippen MR) is 93.6 cm³/mol. The van der Waals surface area contributed by atoms with Gasteiger partial charge >= 0.3 is 6.03 Å². The summed E-state index contributed by atoms with van der Waals surface area (Å²) in [5.41, 5.74) is 0.722. The number of para-hydroxylation sites is 1. The molecule has 0 aliphatic carbocycles. The molecule has 5 nitrogen and oxygen atoms in total. The first kappa shape index (κ1) is 17.0. The largest absolute Gasteiger partial charge is 0.338 e. The van der Waals surface area contributed by atoms with Crippen LogP contribution in [-0.4, -0.2) is 30.4 Å². The molecule has 0 saturated heterocycles. The van der Waals surface area contributed by atoms with Gasteiger partial charge in [-0.25, -0.2) is 4.79 Å². The molecule has 1 atom stereocenters. The van der Waals surface area contributed by atoms with Crippen molar-refractivity contribution in [2.45, 2.75) is 19.4 Å². The van der Waals surface area contributed by atoms with Crippen molar-refractivity contribution >= 4 is 29.0 Å². The summed E-state index contributed by atoms with van der Waals surface area (Å²) in [5, 5.41) is 7.41. The molecule has 0 aliphatic rings. The number of benzene rings is 1. The van der Waals surface area contributed by atoms with E-state index in [-0.39, 0.29) is 24.4 Å². The second-order valence-electron chi connectivity index (χ2n) is 5.19. The molecule has 0 saturated carbocycles. The maximum Gasteiger partial charge on any atom is 0.319 e. The number of nitrogens with one attached hydrogen (secondary N) is 2. The van der Waals surface area contributed by atoms with E-state index in [4.69, 9.17) is 0 Å². The number of carbonyl (C=O) groups excluding carboxylic acids is 2. The summed E-state index contributed by atoms with van der Waals surface area (Å²) in [6.07, 6.45) is 0.272. The molecule has 0 radical (unpaired) electrons. The van der Waals surface area contributed by atoms with Crippen molar-refractivity contribution < 1.29 is 9.59 Å². The Kier molecular flexibility index (Phi) is 6.17. The highest BCUT2D eigenvalue weighted by molar-refractivity contribution is 7.10. The van der Waals surface area contributed by atoms with Crippen molar-refractivity contribution in [1.29, 1.82) is 0 Å². The normalized spacial score (nSPS) is 11.6. The van der Waals surface area contributed by atoms with Gasteiger partial charge in [0.05, 0.1) is 6.04 Å². The fourth-order valence-electron chi connectivity index (χ4n) is 2.09. The highest BCUT2D eigenvalue weighted by atomic mass is 32.1. The van der Waals surface area contributed by atoms with Crippen LogP contribution in [0.2, 0.25) is 0 Å². The van der Waals surface area contributed by atoms with E-state index in [0.29, 0.717) is 6.54 Å². The molecule has 122 valence electrons. The number of urea groups is 1. The number of anilines is 1. The zero-order valence-electron chi connectivity index (χ0n) is 13.3. The quantitative estimate of drug-likeness (QED) is 0.851. The van der Waals surface area contributed by atoms with Gasteiger partial charge in [0.15, 0.2) is 0 Å². The van der Waals surface area contributed by atoms with Crippen molar-refractivity contribution in [2.24, 2.45) is 0 Å². The van der Waals surface area contributed by atoms with Crippen molar-refractivity contribution in [3.8, 4) is 0 Å². The van der Waals surface area contributed by atoms with Gasteiger partial charge in [-0.3, -0.25) is 4.79 Å². The highest BCUT2D eigenvalue weighted by Crippen LogP contribution is 2.23. The van der Waals surface area contributed by atoms with E-state index in [1.54, 1.807) is 35.4 Å². The molecule has 2 N–H and O–H groups in total. The number of thiophene rings is 1. The Morgan fingerprint density at radius 1 is 1.17 bits per heavy atom. The van der Waals surface area contributed by atoms with E-state index in [0.717, 1.165) is 10.6 Å². The van der Waals surface area contributed by atoms with Gasteiger partial charge in [-0.2, -0.15) is 0 Å².